The maximum atomic E-state index is 8.49. The summed E-state index contributed by atoms with van der Waals surface area (Å²) >= 11 is 1.52. The minimum atomic E-state index is 0.371. The summed E-state index contributed by atoms with van der Waals surface area (Å²) in [5.74, 6) is 0. The summed E-state index contributed by atoms with van der Waals surface area (Å²) in [5, 5.41) is 10.4. The third-order valence-corrected chi connectivity index (χ3v) is 2.09. The summed E-state index contributed by atoms with van der Waals surface area (Å²) in [6, 6.07) is 3.79. The van der Waals surface area contributed by atoms with Crippen LogP contribution in [0.2, 0.25) is 0 Å². The van der Waals surface area contributed by atoms with E-state index in [0.29, 0.717) is 5.69 Å². The molecule has 2 rings (SSSR count). The highest BCUT2D eigenvalue weighted by atomic mass is 32.1. The van der Waals surface area contributed by atoms with Crippen molar-refractivity contribution in [2.75, 3.05) is 0 Å². The second-order valence-electron chi connectivity index (χ2n) is 1.98. The molecule has 0 aliphatic heterocycles. The van der Waals surface area contributed by atoms with Gasteiger partial charge in [-0.05, 0) is 11.4 Å². The molecule has 0 radical (unpaired) electrons. The van der Waals surface area contributed by atoms with Gasteiger partial charge in [-0.25, -0.2) is 9.97 Å². The number of hydrogen-bond donors (Lipinski definition) is 0. The molecule has 0 aromatic carbocycles. The topological polar surface area (TPSA) is 49.6 Å². The third kappa shape index (κ3) is 3.64. The van der Waals surface area contributed by atoms with Crippen LogP contribution in [0, 0.1) is 11.3 Å². The normalized spacial score (nSPS) is 7.93. The smallest absolute Gasteiger partial charge is 0.159 e. The summed E-state index contributed by atoms with van der Waals surface area (Å²) < 4.78 is 0. The largest absolute Gasteiger partial charge is 0.241 e. The van der Waals surface area contributed by atoms with Crippen LogP contribution in [0.5, 0.6) is 0 Å². The fourth-order valence-corrected chi connectivity index (χ4v) is 1.48. The molecule has 0 N–H and O–H groups in total. The lowest BCUT2D eigenvalue weighted by molar-refractivity contribution is 1.26. The van der Waals surface area contributed by atoms with Gasteiger partial charge >= 0.3 is 0 Å². The Morgan fingerprint density at radius 1 is 1.27 bits per heavy atom. The zero-order valence-electron chi connectivity index (χ0n) is 9.48. The van der Waals surface area contributed by atoms with E-state index in [1.54, 1.807) is 0 Å². The summed E-state index contributed by atoms with van der Waals surface area (Å²) in [6.45, 7) is 8.00. The van der Waals surface area contributed by atoms with Crippen molar-refractivity contribution in [3.63, 3.8) is 0 Å². The molecule has 2 aromatic heterocycles. The summed E-state index contributed by atoms with van der Waals surface area (Å²) in [7, 11) is 0. The van der Waals surface area contributed by atoms with Crippen molar-refractivity contribution in [1.29, 1.82) is 5.26 Å². The van der Waals surface area contributed by atoms with Gasteiger partial charge in [-0.15, -0.1) is 11.3 Å². The number of rotatable bonds is 0. The molecule has 80 valence electrons. The van der Waals surface area contributed by atoms with Crippen LogP contribution in [-0.2, 0) is 0 Å². The second kappa shape index (κ2) is 7.89. The second-order valence-corrected chi connectivity index (χ2v) is 2.87. The van der Waals surface area contributed by atoms with Gasteiger partial charge in [0.05, 0.1) is 6.20 Å². The van der Waals surface area contributed by atoms with E-state index in [0.717, 1.165) is 10.3 Å². The summed E-state index contributed by atoms with van der Waals surface area (Å²) in [4.78, 5) is 8.96. The van der Waals surface area contributed by atoms with Crippen molar-refractivity contribution in [2.24, 2.45) is 0 Å². The average Bonchev–Trinajstić information content (AvgIpc) is 2.81. The predicted molar refractivity (Wildman–Crippen MR) is 64.8 cm³/mol. The van der Waals surface area contributed by atoms with Crippen molar-refractivity contribution in [3.05, 3.63) is 23.3 Å². The molecule has 0 bridgehead atoms. The minimum absolute atomic E-state index is 0.371. The van der Waals surface area contributed by atoms with Gasteiger partial charge < -0.3 is 0 Å². The highest BCUT2D eigenvalue weighted by Crippen LogP contribution is 2.15. The van der Waals surface area contributed by atoms with E-state index >= 15 is 0 Å². The molecule has 0 amide bonds. The Bertz CT molecular complexity index is 429. The molecule has 0 unspecified atom stereocenters. The van der Waals surface area contributed by atoms with Crippen LogP contribution >= 0.6 is 11.3 Å². The first kappa shape index (κ1) is 13.5. The van der Waals surface area contributed by atoms with Crippen LogP contribution in [-0.4, -0.2) is 9.97 Å². The zero-order valence-corrected chi connectivity index (χ0v) is 10.3. The maximum absolute atomic E-state index is 8.49. The molecule has 15 heavy (non-hydrogen) atoms. The Kier molecular flexibility index (Phi) is 7.12. The SMILES string of the molecule is CC.CC.N#Cc1cnc2sccc2n1. The van der Waals surface area contributed by atoms with Gasteiger partial charge in [-0.2, -0.15) is 5.26 Å². The molecule has 0 saturated carbocycles. The molecular formula is C11H15N3S. The molecule has 0 saturated heterocycles. The molecule has 4 heteroatoms. The first-order chi connectivity index (χ1) is 7.40. The predicted octanol–water partition coefficient (Wildman–Crippen LogP) is 3.62. The van der Waals surface area contributed by atoms with Gasteiger partial charge in [0, 0.05) is 0 Å². The van der Waals surface area contributed by atoms with Gasteiger partial charge in [0.15, 0.2) is 5.69 Å². The maximum Gasteiger partial charge on any atom is 0.159 e. The Morgan fingerprint density at radius 2 is 1.93 bits per heavy atom. The van der Waals surface area contributed by atoms with E-state index in [9.17, 15) is 0 Å². The van der Waals surface area contributed by atoms with Crippen molar-refractivity contribution >= 4 is 21.7 Å². The Morgan fingerprint density at radius 3 is 2.53 bits per heavy atom. The summed E-state index contributed by atoms with van der Waals surface area (Å²) in [5.41, 5.74) is 1.17. The van der Waals surface area contributed by atoms with Crippen LogP contribution in [0.4, 0.5) is 0 Å². The Hall–Kier alpha value is -1.47. The molecule has 0 aliphatic rings. The van der Waals surface area contributed by atoms with E-state index < -0.39 is 0 Å². The van der Waals surface area contributed by atoms with Gasteiger partial charge in [0.2, 0.25) is 0 Å². The van der Waals surface area contributed by atoms with Crippen LogP contribution in [0.3, 0.4) is 0 Å². The monoisotopic (exact) mass is 221 g/mol. The van der Waals surface area contributed by atoms with Crippen LogP contribution in [0.15, 0.2) is 17.6 Å². The van der Waals surface area contributed by atoms with E-state index in [2.05, 4.69) is 9.97 Å². The average molecular weight is 221 g/mol. The number of thiophene rings is 1. The van der Waals surface area contributed by atoms with Crippen LogP contribution in [0.1, 0.15) is 33.4 Å². The Balaban J connectivity index is 0.000000442. The number of nitriles is 1. The van der Waals surface area contributed by atoms with Crippen LogP contribution in [0.25, 0.3) is 10.3 Å². The van der Waals surface area contributed by atoms with Crippen LogP contribution < -0.4 is 0 Å². The molecule has 3 nitrogen and oxygen atoms in total. The van der Waals surface area contributed by atoms with E-state index in [1.807, 2.05) is 45.2 Å². The molecular weight excluding hydrogens is 206 g/mol. The van der Waals surface area contributed by atoms with Gasteiger partial charge in [-0.1, -0.05) is 27.7 Å². The van der Waals surface area contributed by atoms with Gasteiger partial charge in [0.25, 0.3) is 0 Å². The number of fused-ring (bicyclic) bond motifs is 1. The highest BCUT2D eigenvalue weighted by molar-refractivity contribution is 7.16. The van der Waals surface area contributed by atoms with Gasteiger partial charge in [-0.3, -0.25) is 0 Å². The first-order valence-electron chi connectivity index (χ1n) is 5.00. The highest BCUT2D eigenvalue weighted by Gasteiger charge is 1.97. The molecule has 0 atom stereocenters. The quantitative estimate of drug-likeness (QED) is 0.682. The number of aromatic nitrogens is 2. The fraction of sp³-hybridized carbons (Fsp3) is 0.364. The zero-order chi connectivity index (χ0) is 11.7. The fourth-order valence-electron chi connectivity index (χ4n) is 0.809. The molecule has 0 aliphatic carbocycles. The van der Waals surface area contributed by atoms with E-state index in [-0.39, 0.29) is 0 Å². The molecule has 0 fully saturated rings. The first-order valence-corrected chi connectivity index (χ1v) is 5.88. The Labute approximate surface area is 94.4 Å². The lowest BCUT2D eigenvalue weighted by atomic mass is 10.4. The lowest BCUT2D eigenvalue weighted by Gasteiger charge is -1.86. The third-order valence-electron chi connectivity index (χ3n) is 1.28. The molecule has 0 spiro atoms. The van der Waals surface area contributed by atoms with E-state index in [4.69, 9.17) is 5.26 Å². The van der Waals surface area contributed by atoms with Gasteiger partial charge in [0.1, 0.15) is 16.4 Å². The molecule has 2 aromatic rings. The van der Waals surface area contributed by atoms with Crippen molar-refractivity contribution in [3.8, 4) is 6.07 Å². The van der Waals surface area contributed by atoms with Crippen molar-refractivity contribution < 1.29 is 0 Å². The standard InChI is InChI=1S/C7H3N3S.2C2H6/c8-3-5-4-9-7-6(10-5)1-2-11-7;2*1-2/h1-2,4H;2*1-2H3. The molecule has 2 heterocycles. The number of nitrogens with zero attached hydrogens (tertiary/aromatic N) is 3. The van der Waals surface area contributed by atoms with Crippen molar-refractivity contribution in [1.82, 2.24) is 9.97 Å². The summed E-state index contributed by atoms with van der Waals surface area (Å²) in [6.07, 6.45) is 1.48. The van der Waals surface area contributed by atoms with E-state index in [1.165, 1.54) is 17.5 Å². The lowest BCUT2D eigenvalue weighted by Crippen LogP contribution is -1.82. The number of hydrogen-bond acceptors (Lipinski definition) is 4. The minimum Gasteiger partial charge on any atom is -0.241 e. The van der Waals surface area contributed by atoms with Crippen molar-refractivity contribution in [2.45, 2.75) is 27.7 Å².